The summed E-state index contributed by atoms with van der Waals surface area (Å²) in [5.41, 5.74) is 2.69. The van der Waals surface area contributed by atoms with Crippen LogP contribution in [0.25, 0.3) is 0 Å². The zero-order valence-corrected chi connectivity index (χ0v) is 15.3. The molecule has 0 aromatic heterocycles. The number of fused-ring (bicyclic) bond motifs is 2. The van der Waals surface area contributed by atoms with Crippen LogP contribution in [0.1, 0.15) is 11.1 Å². The number of carbonyl (C=O) groups is 1. The molecule has 2 heterocycles. The Morgan fingerprint density at radius 1 is 1.27 bits per heavy atom. The van der Waals surface area contributed by atoms with E-state index >= 15 is 0 Å². The number of ether oxygens (including phenoxy) is 2. The van der Waals surface area contributed by atoms with E-state index in [4.69, 9.17) is 9.47 Å². The molecule has 2 aromatic rings. The summed E-state index contributed by atoms with van der Waals surface area (Å²) in [7, 11) is 0. The number of carbonyl (C=O) groups excluding carboxylic acids is 1. The summed E-state index contributed by atoms with van der Waals surface area (Å²) in [6, 6.07) is 11.2. The van der Waals surface area contributed by atoms with Gasteiger partial charge in [-0.2, -0.15) is 5.10 Å². The monoisotopic (exact) mass is 411 g/mol. The van der Waals surface area contributed by atoms with Crippen LogP contribution < -0.4 is 14.4 Å². The van der Waals surface area contributed by atoms with E-state index in [-0.39, 0.29) is 12.7 Å². The molecule has 0 atom stereocenters. The van der Waals surface area contributed by atoms with Gasteiger partial charge in [0.15, 0.2) is 17.2 Å². The van der Waals surface area contributed by atoms with Crippen molar-refractivity contribution in [2.75, 3.05) is 18.2 Å². The minimum atomic E-state index is -0.185. The molecule has 0 fully saturated rings. The van der Waals surface area contributed by atoms with E-state index in [1.165, 1.54) is 0 Å². The second-order valence-corrected chi connectivity index (χ2v) is 6.51. The normalized spacial score (nSPS) is 16.6. The number of anilines is 1. The fraction of sp³-hybridized carbons (Fsp3) is 0.105. The molecule has 0 spiro atoms. The van der Waals surface area contributed by atoms with Gasteiger partial charge in [0.1, 0.15) is 0 Å². The van der Waals surface area contributed by atoms with Crippen LogP contribution in [-0.2, 0) is 4.79 Å². The second-order valence-electron chi connectivity index (χ2n) is 5.65. The summed E-state index contributed by atoms with van der Waals surface area (Å²) in [6.45, 7) is 4.33. The summed E-state index contributed by atoms with van der Waals surface area (Å²) in [5, 5.41) is 8.28. The van der Waals surface area contributed by atoms with Gasteiger partial charge in [-0.25, -0.2) is 0 Å². The number of rotatable bonds is 4. The zero-order chi connectivity index (χ0) is 18.1. The second kappa shape index (κ2) is 6.76. The average molecular weight is 412 g/mol. The SMILES string of the molecule is C=CCN1C(=O)/C(=N\N=C/c2cc(Br)c3c(c2)OCO3)c2ccccc21. The van der Waals surface area contributed by atoms with Crippen LogP contribution in [0, 0.1) is 0 Å². The van der Waals surface area contributed by atoms with Gasteiger partial charge in [0.05, 0.1) is 16.4 Å². The third-order valence-corrected chi connectivity index (χ3v) is 4.61. The summed E-state index contributed by atoms with van der Waals surface area (Å²) >= 11 is 3.44. The molecule has 130 valence electrons. The standard InChI is InChI=1S/C19H14BrN3O3/c1-2-7-23-15-6-4-3-5-13(15)17(19(23)24)22-21-10-12-8-14(20)18-16(9-12)25-11-26-18/h2-6,8-10H,1,7,11H2/b21-10-,22-17-. The van der Waals surface area contributed by atoms with Crippen LogP contribution in [-0.4, -0.2) is 31.2 Å². The first-order valence-electron chi connectivity index (χ1n) is 7.91. The first kappa shape index (κ1) is 16.5. The fourth-order valence-corrected chi connectivity index (χ4v) is 3.46. The summed E-state index contributed by atoms with van der Waals surface area (Å²) in [4.78, 5) is 14.3. The van der Waals surface area contributed by atoms with Crippen LogP contribution in [0.3, 0.4) is 0 Å². The predicted octanol–water partition coefficient (Wildman–Crippen LogP) is 3.53. The van der Waals surface area contributed by atoms with E-state index in [9.17, 15) is 4.79 Å². The van der Waals surface area contributed by atoms with Crippen LogP contribution in [0.4, 0.5) is 5.69 Å². The lowest BCUT2D eigenvalue weighted by atomic mass is 10.1. The zero-order valence-electron chi connectivity index (χ0n) is 13.7. The molecular formula is C19H14BrN3O3. The average Bonchev–Trinajstić information content (AvgIpc) is 3.21. The van der Waals surface area contributed by atoms with Crippen LogP contribution in [0.5, 0.6) is 11.5 Å². The quantitative estimate of drug-likeness (QED) is 0.439. The molecule has 1 amide bonds. The van der Waals surface area contributed by atoms with Crippen molar-refractivity contribution < 1.29 is 14.3 Å². The van der Waals surface area contributed by atoms with E-state index in [0.29, 0.717) is 23.8 Å². The van der Waals surface area contributed by atoms with Gasteiger partial charge in [0, 0.05) is 12.1 Å². The molecule has 4 rings (SSSR count). The summed E-state index contributed by atoms with van der Waals surface area (Å²) < 4.78 is 11.5. The number of benzene rings is 2. The highest BCUT2D eigenvalue weighted by atomic mass is 79.9. The molecule has 0 N–H and O–H groups in total. The maximum absolute atomic E-state index is 12.6. The van der Waals surface area contributed by atoms with Gasteiger partial charge < -0.3 is 14.4 Å². The minimum Gasteiger partial charge on any atom is -0.454 e. The summed E-state index contributed by atoms with van der Waals surface area (Å²) in [5.74, 6) is 1.14. The Labute approximate surface area is 158 Å². The highest BCUT2D eigenvalue weighted by Gasteiger charge is 2.33. The third kappa shape index (κ3) is 2.80. The lowest BCUT2D eigenvalue weighted by molar-refractivity contribution is -0.112. The molecule has 26 heavy (non-hydrogen) atoms. The number of para-hydroxylation sites is 1. The van der Waals surface area contributed by atoms with Gasteiger partial charge in [0.25, 0.3) is 5.91 Å². The number of hydrogen-bond donors (Lipinski definition) is 0. The predicted molar refractivity (Wildman–Crippen MR) is 103 cm³/mol. The molecule has 0 saturated heterocycles. The molecule has 0 saturated carbocycles. The third-order valence-electron chi connectivity index (χ3n) is 4.02. The van der Waals surface area contributed by atoms with Gasteiger partial charge in [0.2, 0.25) is 6.79 Å². The maximum Gasteiger partial charge on any atom is 0.279 e. The molecule has 7 heteroatoms. The lowest BCUT2D eigenvalue weighted by Gasteiger charge is -2.13. The van der Waals surface area contributed by atoms with Crippen LogP contribution in [0.2, 0.25) is 0 Å². The first-order valence-corrected chi connectivity index (χ1v) is 8.70. The first-order chi connectivity index (χ1) is 12.7. The Balaban J connectivity index is 1.65. The molecule has 2 aliphatic heterocycles. The molecule has 0 unspecified atom stereocenters. The van der Waals surface area contributed by atoms with Gasteiger partial charge in [-0.1, -0.05) is 24.3 Å². The maximum atomic E-state index is 12.6. The molecule has 6 nitrogen and oxygen atoms in total. The molecule has 0 bridgehead atoms. The van der Waals surface area contributed by atoms with Crippen molar-refractivity contribution >= 4 is 39.5 Å². The minimum absolute atomic E-state index is 0.185. The van der Waals surface area contributed by atoms with E-state index in [2.05, 4.69) is 32.7 Å². The van der Waals surface area contributed by atoms with Gasteiger partial charge in [-0.15, -0.1) is 11.7 Å². The number of amides is 1. The Kier molecular flexibility index (Phi) is 4.30. The number of nitrogens with zero attached hydrogens (tertiary/aromatic N) is 3. The highest BCUT2D eigenvalue weighted by molar-refractivity contribution is 9.10. The molecule has 0 aliphatic carbocycles. The van der Waals surface area contributed by atoms with Crippen LogP contribution >= 0.6 is 15.9 Å². The van der Waals surface area contributed by atoms with E-state index in [1.54, 1.807) is 17.2 Å². The van der Waals surface area contributed by atoms with E-state index < -0.39 is 0 Å². The summed E-state index contributed by atoms with van der Waals surface area (Å²) in [6.07, 6.45) is 3.26. The molecular weight excluding hydrogens is 398 g/mol. The largest absolute Gasteiger partial charge is 0.454 e. The van der Waals surface area contributed by atoms with Gasteiger partial charge >= 0.3 is 0 Å². The van der Waals surface area contributed by atoms with Crippen molar-refractivity contribution in [3.05, 3.63) is 64.7 Å². The number of hydrogen-bond acceptors (Lipinski definition) is 5. The van der Waals surface area contributed by atoms with E-state index in [0.717, 1.165) is 21.3 Å². The smallest absolute Gasteiger partial charge is 0.279 e. The Bertz CT molecular complexity index is 968. The topological polar surface area (TPSA) is 63.5 Å². The fourth-order valence-electron chi connectivity index (χ4n) is 2.88. The Morgan fingerprint density at radius 3 is 2.96 bits per heavy atom. The molecule has 0 radical (unpaired) electrons. The lowest BCUT2D eigenvalue weighted by Crippen LogP contribution is -2.30. The number of halogens is 1. The van der Waals surface area contributed by atoms with E-state index in [1.807, 2.05) is 36.4 Å². The van der Waals surface area contributed by atoms with Crippen molar-refractivity contribution in [2.45, 2.75) is 0 Å². The Hall–Kier alpha value is -2.93. The van der Waals surface area contributed by atoms with Crippen molar-refractivity contribution in [1.82, 2.24) is 0 Å². The van der Waals surface area contributed by atoms with Gasteiger partial charge in [-0.05, 0) is 39.7 Å². The van der Waals surface area contributed by atoms with Crippen molar-refractivity contribution in [1.29, 1.82) is 0 Å². The van der Waals surface area contributed by atoms with Crippen molar-refractivity contribution in [3.8, 4) is 11.5 Å². The Morgan fingerprint density at radius 2 is 2.12 bits per heavy atom. The van der Waals surface area contributed by atoms with Crippen molar-refractivity contribution in [2.24, 2.45) is 10.2 Å². The molecule has 2 aliphatic rings. The molecule has 2 aromatic carbocycles. The van der Waals surface area contributed by atoms with Crippen molar-refractivity contribution in [3.63, 3.8) is 0 Å². The highest BCUT2D eigenvalue weighted by Crippen LogP contribution is 2.39. The van der Waals surface area contributed by atoms with Gasteiger partial charge in [-0.3, -0.25) is 4.79 Å². The van der Waals surface area contributed by atoms with Crippen LogP contribution in [0.15, 0.2) is 63.7 Å².